The van der Waals surface area contributed by atoms with Gasteiger partial charge in [-0.25, -0.2) is 9.59 Å². The Hall–Kier alpha value is -1.63. The first-order valence-corrected chi connectivity index (χ1v) is 6.89. The van der Waals surface area contributed by atoms with Crippen molar-refractivity contribution in [3.63, 3.8) is 0 Å². The molecule has 112 valence electrons. The quantitative estimate of drug-likeness (QED) is 0.774. The van der Waals surface area contributed by atoms with E-state index in [-0.39, 0.29) is 28.4 Å². The predicted octanol–water partition coefficient (Wildman–Crippen LogP) is 1.62. The summed E-state index contributed by atoms with van der Waals surface area (Å²) in [6.45, 7) is 1.11. The van der Waals surface area contributed by atoms with E-state index in [0.717, 1.165) is 0 Å². The van der Waals surface area contributed by atoms with Gasteiger partial charge < -0.3 is 19.7 Å². The van der Waals surface area contributed by atoms with Gasteiger partial charge in [-0.2, -0.15) is 0 Å². The number of carboxylic acid groups (broad SMARTS) is 2. The van der Waals surface area contributed by atoms with Crippen molar-refractivity contribution in [3.05, 3.63) is 33.3 Å². The molecule has 2 heterocycles. The smallest absolute Gasteiger partial charge is 0.337 e. The second kappa shape index (κ2) is 5.29. The Morgan fingerprint density at radius 2 is 1.62 bits per heavy atom. The summed E-state index contributed by atoms with van der Waals surface area (Å²) < 4.78 is 10.3. The molecule has 0 saturated carbocycles. The van der Waals surface area contributed by atoms with Gasteiger partial charge in [-0.1, -0.05) is 11.6 Å². The Kier molecular flexibility index (Phi) is 3.61. The zero-order valence-electron chi connectivity index (χ0n) is 11.0. The molecule has 0 bridgehead atoms. The van der Waals surface area contributed by atoms with Crippen LogP contribution in [0.5, 0.6) is 0 Å². The molecule has 6 nitrogen and oxygen atoms in total. The van der Waals surface area contributed by atoms with Gasteiger partial charge in [0.2, 0.25) is 0 Å². The lowest BCUT2D eigenvalue weighted by Crippen LogP contribution is -2.16. The molecule has 1 aromatic carbocycles. The first-order valence-electron chi connectivity index (χ1n) is 6.51. The topological polar surface area (TPSA) is 99.7 Å². The van der Waals surface area contributed by atoms with E-state index in [0.29, 0.717) is 37.2 Å². The summed E-state index contributed by atoms with van der Waals surface area (Å²) >= 11 is 5.99. The van der Waals surface area contributed by atoms with E-state index in [4.69, 9.17) is 21.1 Å². The molecule has 2 aliphatic heterocycles. The highest BCUT2D eigenvalue weighted by atomic mass is 35.5. The largest absolute Gasteiger partial charge is 0.478 e. The molecule has 0 radical (unpaired) electrons. The molecular weight excluding hydrogens is 300 g/mol. The molecule has 2 fully saturated rings. The number of rotatable bonds is 6. The second-order valence-electron chi connectivity index (χ2n) is 5.17. The van der Waals surface area contributed by atoms with Crippen LogP contribution in [0.4, 0.5) is 0 Å². The average molecular weight is 313 g/mol. The van der Waals surface area contributed by atoms with Crippen molar-refractivity contribution < 1.29 is 29.3 Å². The van der Waals surface area contributed by atoms with E-state index in [1.807, 2.05) is 0 Å². The van der Waals surface area contributed by atoms with E-state index in [1.54, 1.807) is 0 Å². The zero-order valence-corrected chi connectivity index (χ0v) is 11.7. The van der Waals surface area contributed by atoms with Gasteiger partial charge in [0, 0.05) is 12.8 Å². The summed E-state index contributed by atoms with van der Waals surface area (Å²) in [5, 5.41) is 18.7. The van der Waals surface area contributed by atoms with Gasteiger partial charge in [0.1, 0.15) is 0 Å². The normalized spacial score (nSPS) is 22.9. The van der Waals surface area contributed by atoms with Crippen LogP contribution in [0.3, 0.4) is 0 Å². The maximum Gasteiger partial charge on any atom is 0.337 e. The minimum atomic E-state index is -1.16. The Labute approximate surface area is 125 Å². The molecule has 1 aromatic rings. The molecule has 21 heavy (non-hydrogen) atoms. The number of carbonyl (C=O) groups is 2. The van der Waals surface area contributed by atoms with Crippen LogP contribution in [0.25, 0.3) is 0 Å². The fourth-order valence-corrected chi connectivity index (χ4v) is 2.76. The van der Waals surface area contributed by atoms with Crippen LogP contribution in [0.15, 0.2) is 6.07 Å². The fraction of sp³-hybridized carbons (Fsp3) is 0.429. The van der Waals surface area contributed by atoms with Crippen molar-refractivity contribution in [2.75, 3.05) is 13.2 Å². The molecule has 0 aromatic heterocycles. The van der Waals surface area contributed by atoms with Gasteiger partial charge in [0.05, 0.1) is 41.6 Å². The van der Waals surface area contributed by atoms with Gasteiger partial charge in [-0.3, -0.25) is 0 Å². The zero-order chi connectivity index (χ0) is 15.1. The number of hydrogen-bond acceptors (Lipinski definition) is 4. The van der Waals surface area contributed by atoms with Gasteiger partial charge in [0.25, 0.3) is 0 Å². The Morgan fingerprint density at radius 3 is 2.05 bits per heavy atom. The van der Waals surface area contributed by atoms with E-state index in [9.17, 15) is 19.8 Å². The molecule has 0 spiro atoms. The van der Waals surface area contributed by atoms with E-state index < -0.39 is 11.9 Å². The number of carboxylic acids is 2. The first-order chi connectivity index (χ1) is 9.97. The van der Waals surface area contributed by atoms with Crippen molar-refractivity contribution >= 4 is 23.5 Å². The van der Waals surface area contributed by atoms with Gasteiger partial charge in [-0.05, 0) is 17.2 Å². The van der Waals surface area contributed by atoms with Crippen LogP contribution in [-0.4, -0.2) is 47.6 Å². The highest BCUT2D eigenvalue weighted by Gasteiger charge is 2.33. The number of epoxide rings is 2. The van der Waals surface area contributed by atoms with Crippen LogP contribution in [0.2, 0.25) is 5.02 Å². The average Bonchev–Trinajstić information content (AvgIpc) is 3.26. The summed E-state index contributed by atoms with van der Waals surface area (Å²) in [6, 6.07) is 1.21. The molecule has 2 atom stereocenters. The van der Waals surface area contributed by atoms with Crippen LogP contribution < -0.4 is 0 Å². The lowest BCUT2D eigenvalue weighted by atomic mass is 9.90. The lowest BCUT2D eigenvalue weighted by molar-refractivity contribution is 0.0679. The second-order valence-corrected chi connectivity index (χ2v) is 5.57. The number of aromatic carboxylic acids is 2. The van der Waals surface area contributed by atoms with Crippen LogP contribution >= 0.6 is 11.6 Å². The summed E-state index contributed by atoms with van der Waals surface area (Å²) in [4.78, 5) is 22.9. The maximum atomic E-state index is 11.5. The predicted molar refractivity (Wildman–Crippen MR) is 72.3 cm³/mol. The number of halogens is 1. The van der Waals surface area contributed by atoms with Gasteiger partial charge in [-0.15, -0.1) is 0 Å². The van der Waals surface area contributed by atoms with Crippen molar-refractivity contribution in [1.82, 2.24) is 0 Å². The summed E-state index contributed by atoms with van der Waals surface area (Å²) in [6.07, 6.45) is 0.609. The molecular formula is C14H13ClO6. The standard InChI is InChI=1S/C14H13ClO6/c15-11-3-10(13(16)17)8(1-6-4-20-6)9(2-7-5-21-7)12(11)14(18)19/h3,6-7H,1-2,4-5H2,(H,16,17)(H,18,19). The Bertz CT molecular complexity index is 618. The fourth-order valence-electron chi connectivity index (χ4n) is 2.45. The van der Waals surface area contributed by atoms with Crippen LogP contribution in [0, 0.1) is 0 Å². The van der Waals surface area contributed by atoms with Crippen LogP contribution in [0.1, 0.15) is 31.8 Å². The molecule has 2 aliphatic rings. The van der Waals surface area contributed by atoms with Crippen molar-refractivity contribution in [1.29, 1.82) is 0 Å². The molecule has 3 rings (SSSR count). The molecule has 2 unspecified atom stereocenters. The van der Waals surface area contributed by atoms with Crippen LogP contribution in [-0.2, 0) is 22.3 Å². The summed E-state index contributed by atoms with van der Waals surface area (Å²) in [5.41, 5.74) is 0.941. The molecule has 2 N–H and O–H groups in total. The highest BCUT2D eigenvalue weighted by Crippen LogP contribution is 2.33. The first kappa shape index (κ1) is 14.3. The molecule has 0 amide bonds. The highest BCUT2D eigenvalue weighted by molar-refractivity contribution is 6.34. The number of benzene rings is 1. The molecule has 0 aliphatic carbocycles. The third-order valence-corrected chi connectivity index (χ3v) is 3.91. The molecule has 2 saturated heterocycles. The monoisotopic (exact) mass is 312 g/mol. The SMILES string of the molecule is O=C(O)c1cc(Cl)c(C(=O)O)c(CC2CO2)c1CC1CO1. The van der Waals surface area contributed by atoms with Crippen molar-refractivity contribution in [2.45, 2.75) is 25.0 Å². The van der Waals surface area contributed by atoms with Gasteiger partial charge in [0.15, 0.2) is 0 Å². The van der Waals surface area contributed by atoms with E-state index in [2.05, 4.69) is 0 Å². The van der Waals surface area contributed by atoms with Crippen molar-refractivity contribution in [3.8, 4) is 0 Å². The summed E-state index contributed by atoms with van der Waals surface area (Å²) in [5.74, 6) is -2.28. The third kappa shape index (κ3) is 3.02. The van der Waals surface area contributed by atoms with E-state index in [1.165, 1.54) is 6.07 Å². The third-order valence-electron chi connectivity index (χ3n) is 3.61. The number of ether oxygens (including phenoxy) is 2. The molecule has 7 heteroatoms. The number of hydrogen-bond donors (Lipinski definition) is 2. The van der Waals surface area contributed by atoms with Crippen molar-refractivity contribution in [2.24, 2.45) is 0 Å². The lowest BCUT2D eigenvalue weighted by Gasteiger charge is -2.16. The maximum absolute atomic E-state index is 11.5. The minimum Gasteiger partial charge on any atom is -0.478 e. The minimum absolute atomic E-state index is 0.0344. The summed E-state index contributed by atoms with van der Waals surface area (Å²) in [7, 11) is 0. The Morgan fingerprint density at radius 1 is 1.10 bits per heavy atom. The van der Waals surface area contributed by atoms with Gasteiger partial charge >= 0.3 is 11.9 Å². The Balaban J connectivity index is 2.15. The van der Waals surface area contributed by atoms with E-state index >= 15 is 0 Å².